The molecule has 2 amide bonds. The summed E-state index contributed by atoms with van der Waals surface area (Å²) in [4.78, 5) is 25.4. The number of benzene rings is 1. The number of anilines is 1. The summed E-state index contributed by atoms with van der Waals surface area (Å²) >= 11 is 0. The number of ether oxygens (including phenoxy) is 1. The number of hydrogen-bond acceptors (Lipinski definition) is 5. The van der Waals surface area contributed by atoms with Gasteiger partial charge in [-0.25, -0.2) is 13.1 Å². The maximum absolute atomic E-state index is 12.5. The fraction of sp³-hybridized carbons (Fsp3) is 0.556. The van der Waals surface area contributed by atoms with Gasteiger partial charge in [0.05, 0.1) is 17.5 Å². The first-order valence-electron chi connectivity index (χ1n) is 9.16. The van der Waals surface area contributed by atoms with E-state index >= 15 is 0 Å². The van der Waals surface area contributed by atoms with Gasteiger partial charge in [-0.3, -0.25) is 9.59 Å². The van der Waals surface area contributed by atoms with E-state index in [1.807, 2.05) is 0 Å². The zero-order chi connectivity index (χ0) is 19.4. The summed E-state index contributed by atoms with van der Waals surface area (Å²) in [5, 5.41) is 2.68. The van der Waals surface area contributed by atoms with Crippen molar-refractivity contribution < 1.29 is 22.7 Å². The maximum Gasteiger partial charge on any atom is 0.241 e. The molecular weight excluding hydrogens is 370 g/mol. The highest BCUT2D eigenvalue weighted by atomic mass is 32.2. The van der Waals surface area contributed by atoms with Crippen LogP contribution in [0.1, 0.15) is 31.7 Å². The molecule has 0 bridgehead atoms. The van der Waals surface area contributed by atoms with E-state index in [-0.39, 0.29) is 23.5 Å². The third kappa shape index (κ3) is 4.85. The number of aryl methyl sites for hydroxylation is 1. The van der Waals surface area contributed by atoms with Crippen molar-refractivity contribution in [2.75, 3.05) is 31.1 Å². The van der Waals surface area contributed by atoms with Crippen molar-refractivity contribution in [1.29, 1.82) is 0 Å². The highest BCUT2D eigenvalue weighted by Gasteiger charge is 2.23. The number of nitrogens with one attached hydrogen (secondary N) is 2. The second-order valence-corrected chi connectivity index (χ2v) is 8.60. The molecule has 1 atom stereocenters. The quantitative estimate of drug-likeness (QED) is 0.732. The lowest BCUT2D eigenvalue weighted by atomic mass is 10.0. The highest BCUT2D eigenvalue weighted by molar-refractivity contribution is 7.89. The van der Waals surface area contributed by atoms with Gasteiger partial charge in [0.25, 0.3) is 0 Å². The van der Waals surface area contributed by atoms with Crippen molar-refractivity contribution in [2.45, 2.75) is 43.6 Å². The topological polar surface area (TPSA) is 105 Å². The Morgan fingerprint density at radius 2 is 2.11 bits per heavy atom. The molecule has 2 heterocycles. The van der Waals surface area contributed by atoms with Gasteiger partial charge in [-0.05, 0) is 49.4 Å². The van der Waals surface area contributed by atoms with E-state index in [2.05, 4.69) is 10.0 Å². The molecular formula is C18H25N3O5S. The minimum Gasteiger partial charge on any atom is -0.376 e. The first kappa shape index (κ1) is 19.8. The van der Waals surface area contributed by atoms with Crippen LogP contribution in [0.2, 0.25) is 0 Å². The van der Waals surface area contributed by atoms with Crippen LogP contribution in [-0.2, 0) is 30.8 Å². The molecule has 0 spiro atoms. The second-order valence-electron chi connectivity index (χ2n) is 6.83. The molecule has 148 valence electrons. The number of hydrogen-bond donors (Lipinski definition) is 2. The van der Waals surface area contributed by atoms with Gasteiger partial charge in [0.2, 0.25) is 21.8 Å². The molecule has 1 unspecified atom stereocenters. The Balaban J connectivity index is 1.61. The van der Waals surface area contributed by atoms with Crippen LogP contribution in [0.25, 0.3) is 0 Å². The van der Waals surface area contributed by atoms with Crippen molar-refractivity contribution in [1.82, 2.24) is 10.0 Å². The summed E-state index contributed by atoms with van der Waals surface area (Å²) < 4.78 is 32.7. The van der Waals surface area contributed by atoms with Gasteiger partial charge in [-0.1, -0.05) is 0 Å². The van der Waals surface area contributed by atoms with Crippen LogP contribution < -0.4 is 14.9 Å². The van der Waals surface area contributed by atoms with E-state index in [9.17, 15) is 18.0 Å². The largest absolute Gasteiger partial charge is 0.376 e. The number of nitrogens with zero attached hydrogens (tertiary/aromatic N) is 1. The fourth-order valence-electron chi connectivity index (χ4n) is 3.41. The van der Waals surface area contributed by atoms with E-state index in [0.717, 1.165) is 30.5 Å². The molecule has 8 nitrogen and oxygen atoms in total. The summed E-state index contributed by atoms with van der Waals surface area (Å²) in [6.07, 6.45) is 3.39. The third-order valence-corrected chi connectivity index (χ3v) is 6.23. The molecule has 0 radical (unpaired) electrons. The molecule has 0 aliphatic carbocycles. The van der Waals surface area contributed by atoms with Crippen LogP contribution in [0, 0.1) is 0 Å². The van der Waals surface area contributed by atoms with Crippen LogP contribution in [0.5, 0.6) is 0 Å². The molecule has 2 N–H and O–H groups in total. The lowest BCUT2D eigenvalue weighted by Crippen LogP contribution is -2.40. The first-order chi connectivity index (χ1) is 12.9. The number of amides is 2. The minimum absolute atomic E-state index is 0.00965. The molecule has 1 fully saturated rings. The third-order valence-electron chi connectivity index (χ3n) is 4.83. The van der Waals surface area contributed by atoms with Crippen molar-refractivity contribution >= 4 is 27.5 Å². The summed E-state index contributed by atoms with van der Waals surface area (Å²) in [7, 11) is -3.81. The van der Waals surface area contributed by atoms with Crippen molar-refractivity contribution in [3.8, 4) is 0 Å². The van der Waals surface area contributed by atoms with Crippen LogP contribution in [0.15, 0.2) is 23.1 Å². The van der Waals surface area contributed by atoms with Gasteiger partial charge in [0, 0.05) is 32.3 Å². The van der Waals surface area contributed by atoms with E-state index in [1.165, 1.54) is 13.0 Å². The Morgan fingerprint density at radius 1 is 1.30 bits per heavy atom. The first-order valence-corrected chi connectivity index (χ1v) is 10.6. The number of carbonyl (C=O) groups is 2. The Bertz CT molecular complexity index is 818. The maximum atomic E-state index is 12.5. The minimum atomic E-state index is -3.81. The molecule has 2 aliphatic heterocycles. The van der Waals surface area contributed by atoms with Gasteiger partial charge in [-0.2, -0.15) is 0 Å². The normalized spacial score (nSPS) is 19.6. The lowest BCUT2D eigenvalue weighted by molar-refractivity contribution is -0.120. The summed E-state index contributed by atoms with van der Waals surface area (Å²) in [6.45, 7) is 2.90. The second kappa shape index (κ2) is 8.37. The molecule has 1 aromatic rings. The van der Waals surface area contributed by atoms with Crippen LogP contribution in [0.3, 0.4) is 0 Å². The lowest BCUT2D eigenvalue weighted by Gasteiger charge is -2.28. The Labute approximate surface area is 159 Å². The van der Waals surface area contributed by atoms with Crippen LogP contribution >= 0.6 is 0 Å². The van der Waals surface area contributed by atoms with E-state index in [1.54, 1.807) is 17.0 Å². The van der Waals surface area contributed by atoms with Gasteiger partial charge in [0.15, 0.2) is 0 Å². The zero-order valence-corrected chi connectivity index (χ0v) is 16.2. The van der Waals surface area contributed by atoms with Crippen LogP contribution in [-0.4, -0.2) is 52.6 Å². The summed E-state index contributed by atoms with van der Waals surface area (Å²) in [6, 6.07) is 4.70. The predicted molar refractivity (Wildman–Crippen MR) is 100.0 cm³/mol. The van der Waals surface area contributed by atoms with Crippen LogP contribution in [0.4, 0.5) is 5.69 Å². The number of fused-ring (bicyclic) bond motifs is 1. The molecule has 3 rings (SSSR count). The molecule has 0 saturated carbocycles. The Kier molecular flexibility index (Phi) is 6.13. The summed E-state index contributed by atoms with van der Waals surface area (Å²) in [5.74, 6) is -0.456. The molecule has 1 aromatic carbocycles. The monoisotopic (exact) mass is 395 g/mol. The van der Waals surface area contributed by atoms with E-state index < -0.39 is 15.9 Å². The highest BCUT2D eigenvalue weighted by Crippen LogP contribution is 2.29. The summed E-state index contributed by atoms with van der Waals surface area (Å²) in [5.41, 5.74) is 1.57. The molecule has 0 aromatic heterocycles. The fourth-order valence-corrected chi connectivity index (χ4v) is 4.44. The average Bonchev–Trinajstić information content (AvgIpc) is 3.17. The molecule has 27 heavy (non-hydrogen) atoms. The smallest absolute Gasteiger partial charge is 0.241 e. The molecule has 1 saturated heterocycles. The van der Waals surface area contributed by atoms with Crippen molar-refractivity contribution in [3.05, 3.63) is 23.8 Å². The standard InChI is InChI=1S/C18H25N3O5S/c1-13(22)21-8-2-4-14-10-16(6-7-17(14)21)27(24,25)20-12-18(23)19-11-15-5-3-9-26-15/h6-7,10,15,20H,2-5,8-9,11-12H2,1H3,(H,19,23). The molecule has 9 heteroatoms. The molecule has 2 aliphatic rings. The number of rotatable bonds is 6. The van der Waals surface area contributed by atoms with Gasteiger partial charge in [0.1, 0.15) is 0 Å². The SMILES string of the molecule is CC(=O)N1CCCc2cc(S(=O)(=O)NCC(=O)NCC3CCCO3)ccc21. The average molecular weight is 395 g/mol. The van der Waals surface area contributed by atoms with Gasteiger partial charge < -0.3 is 15.0 Å². The van der Waals surface area contributed by atoms with Crippen molar-refractivity contribution in [3.63, 3.8) is 0 Å². The van der Waals surface area contributed by atoms with Gasteiger partial charge >= 0.3 is 0 Å². The Hall–Kier alpha value is -1.97. The number of sulfonamides is 1. The Morgan fingerprint density at radius 3 is 2.81 bits per heavy atom. The van der Waals surface area contributed by atoms with Gasteiger partial charge in [-0.15, -0.1) is 0 Å². The number of carbonyl (C=O) groups excluding carboxylic acids is 2. The predicted octanol–water partition coefficient (Wildman–Crippen LogP) is 0.559. The van der Waals surface area contributed by atoms with E-state index in [0.29, 0.717) is 26.1 Å². The van der Waals surface area contributed by atoms with Crippen molar-refractivity contribution in [2.24, 2.45) is 0 Å². The van der Waals surface area contributed by atoms with E-state index in [4.69, 9.17) is 4.74 Å². The zero-order valence-electron chi connectivity index (χ0n) is 15.4.